The fourth-order valence-corrected chi connectivity index (χ4v) is 3.25. The van der Waals surface area contributed by atoms with E-state index in [1.54, 1.807) is 4.90 Å². The van der Waals surface area contributed by atoms with Gasteiger partial charge in [-0.1, -0.05) is 13.8 Å². The van der Waals surface area contributed by atoms with Gasteiger partial charge in [0, 0.05) is 25.6 Å². The Balaban J connectivity index is 1.80. The number of nitrogens with one attached hydrogen (secondary N) is 1. The van der Waals surface area contributed by atoms with Crippen LogP contribution in [0.3, 0.4) is 0 Å². The minimum atomic E-state index is -0.773. The Morgan fingerprint density at radius 2 is 2.00 bits per heavy atom. The van der Waals surface area contributed by atoms with E-state index in [2.05, 4.69) is 19.2 Å². The number of rotatable bonds is 3. The molecule has 4 atom stereocenters. The predicted molar refractivity (Wildman–Crippen MR) is 71.8 cm³/mol. The topological polar surface area (TPSA) is 69.6 Å². The first-order valence-electron chi connectivity index (χ1n) is 7.24. The van der Waals surface area contributed by atoms with Gasteiger partial charge < -0.3 is 15.3 Å². The van der Waals surface area contributed by atoms with Crippen molar-refractivity contribution in [2.75, 3.05) is 13.1 Å². The molecule has 0 spiro atoms. The molecule has 1 aliphatic heterocycles. The van der Waals surface area contributed by atoms with E-state index in [0.717, 1.165) is 12.8 Å². The van der Waals surface area contributed by atoms with Crippen molar-refractivity contribution in [1.29, 1.82) is 0 Å². The van der Waals surface area contributed by atoms with E-state index < -0.39 is 5.97 Å². The summed E-state index contributed by atoms with van der Waals surface area (Å²) >= 11 is 0. The summed E-state index contributed by atoms with van der Waals surface area (Å²) in [7, 11) is 0. The molecule has 2 N–H and O–H groups in total. The number of carbonyl (C=O) groups is 2. The number of likely N-dealkylation sites (tertiary alicyclic amines) is 1. The summed E-state index contributed by atoms with van der Waals surface area (Å²) in [5, 5.41) is 11.9. The molecule has 2 amide bonds. The van der Waals surface area contributed by atoms with E-state index in [-0.39, 0.29) is 24.4 Å². The fourth-order valence-electron chi connectivity index (χ4n) is 3.25. The lowest BCUT2D eigenvalue weighted by Crippen LogP contribution is -2.45. The van der Waals surface area contributed by atoms with Gasteiger partial charge in [0.1, 0.15) is 0 Å². The SMILES string of the molecule is CC1CCC(NC(=O)N2CCC(CC(=O)O)C2)C1C. The Kier molecular flexibility index (Phi) is 4.32. The second-order valence-corrected chi connectivity index (χ2v) is 6.17. The van der Waals surface area contributed by atoms with Gasteiger partial charge in [-0.25, -0.2) is 4.79 Å². The van der Waals surface area contributed by atoms with Crippen LogP contribution in [0.2, 0.25) is 0 Å². The van der Waals surface area contributed by atoms with Crippen LogP contribution in [0.25, 0.3) is 0 Å². The average molecular weight is 268 g/mol. The van der Waals surface area contributed by atoms with Crippen molar-refractivity contribution in [3.63, 3.8) is 0 Å². The van der Waals surface area contributed by atoms with Crippen molar-refractivity contribution in [3.8, 4) is 0 Å². The van der Waals surface area contributed by atoms with E-state index in [9.17, 15) is 9.59 Å². The first-order chi connectivity index (χ1) is 8.97. The number of hydrogen-bond acceptors (Lipinski definition) is 2. The van der Waals surface area contributed by atoms with Crippen molar-refractivity contribution >= 4 is 12.0 Å². The van der Waals surface area contributed by atoms with Gasteiger partial charge in [-0.3, -0.25) is 4.79 Å². The molecule has 1 aliphatic carbocycles. The van der Waals surface area contributed by atoms with E-state index in [0.29, 0.717) is 24.9 Å². The van der Waals surface area contributed by atoms with E-state index in [1.807, 2.05) is 0 Å². The molecular weight excluding hydrogens is 244 g/mol. The summed E-state index contributed by atoms with van der Waals surface area (Å²) in [5.74, 6) is 0.540. The fraction of sp³-hybridized carbons (Fsp3) is 0.857. The maximum Gasteiger partial charge on any atom is 0.317 e. The van der Waals surface area contributed by atoms with Crippen LogP contribution in [0.15, 0.2) is 0 Å². The second kappa shape index (κ2) is 5.80. The van der Waals surface area contributed by atoms with Gasteiger partial charge in [0.15, 0.2) is 0 Å². The third-order valence-electron chi connectivity index (χ3n) is 4.81. The Hall–Kier alpha value is -1.26. The summed E-state index contributed by atoms with van der Waals surface area (Å²) in [6.45, 7) is 5.69. The molecule has 5 heteroatoms. The second-order valence-electron chi connectivity index (χ2n) is 6.17. The average Bonchev–Trinajstić information content (AvgIpc) is 2.90. The van der Waals surface area contributed by atoms with Crippen molar-refractivity contribution < 1.29 is 14.7 Å². The van der Waals surface area contributed by atoms with Crippen molar-refractivity contribution in [2.24, 2.45) is 17.8 Å². The molecule has 1 heterocycles. The summed E-state index contributed by atoms with van der Waals surface area (Å²) < 4.78 is 0. The molecule has 2 fully saturated rings. The van der Waals surface area contributed by atoms with Crippen LogP contribution in [-0.4, -0.2) is 41.1 Å². The summed E-state index contributed by atoms with van der Waals surface area (Å²) in [6.07, 6.45) is 3.20. The zero-order valence-electron chi connectivity index (χ0n) is 11.8. The highest BCUT2D eigenvalue weighted by molar-refractivity contribution is 5.75. The van der Waals surface area contributed by atoms with Gasteiger partial charge >= 0.3 is 12.0 Å². The predicted octanol–water partition coefficient (Wildman–Crippen LogP) is 1.93. The monoisotopic (exact) mass is 268 g/mol. The Morgan fingerprint density at radius 1 is 1.26 bits per heavy atom. The summed E-state index contributed by atoms with van der Waals surface area (Å²) in [5.41, 5.74) is 0. The lowest BCUT2D eigenvalue weighted by molar-refractivity contribution is -0.138. The smallest absolute Gasteiger partial charge is 0.317 e. The maximum atomic E-state index is 12.2. The number of nitrogens with zero attached hydrogens (tertiary/aromatic N) is 1. The number of aliphatic carboxylic acids is 1. The van der Waals surface area contributed by atoms with Crippen LogP contribution in [0.5, 0.6) is 0 Å². The first-order valence-corrected chi connectivity index (χ1v) is 7.24. The highest BCUT2D eigenvalue weighted by Gasteiger charge is 2.33. The van der Waals surface area contributed by atoms with Crippen LogP contribution in [-0.2, 0) is 4.79 Å². The van der Waals surface area contributed by atoms with Crippen LogP contribution in [0, 0.1) is 17.8 Å². The zero-order chi connectivity index (χ0) is 14.0. The van der Waals surface area contributed by atoms with Crippen molar-refractivity contribution in [3.05, 3.63) is 0 Å². The molecule has 4 unspecified atom stereocenters. The van der Waals surface area contributed by atoms with Gasteiger partial charge in [0.05, 0.1) is 0 Å². The Morgan fingerprint density at radius 3 is 2.58 bits per heavy atom. The highest BCUT2D eigenvalue weighted by Crippen LogP contribution is 2.31. The summed E-state index contributed by atoms with van der Waals surface area (Å²) in [4.78, 5) is 24.6. The third kappa shape index (κ3) is 3.39. The Labute approximate surface area is 114 Å². The number of hydrogen-bond donors (Lipinski definition) is 2. The molecular formula is C14H24N2O3. The minimum Gasteiger partial charge on any atom is -0.481 e. The van der Waals surface area contributed by atoms with E-state index in [4.69, 9.17) is 5.11 Å². The number of carboxylic acids is 1. The number of carbonyl (C=O) groups excluding carboxylic acids is 1. The van der Waals surface area contributed by atoms with Gasteiger partial charge in [0.25, 0.3) is 0 Å². The lowest BCUT2D eigenvalue weighted by atomic mass is 9.98. The molecule has 19 heavy (non-hydrogen) atoms. The van der Waals surface area contributed by atoms with Gasteiger partial charge in [0.2, 0.25) is 0 Å². The number of carboxylic acid groups (broad SMARTS) is 1. The van der Waals surface area contributed by atoms with Crippen LogP contribution >= 0.6 is 0 Å². The molecule has 0 radical (unpaired) electrons. The third-order valence-corrected chi connectivity index (χ3v) is 4.81. The molecule has 108 valence electrons. The van der Waals surface area contributed by atoms with E-state index >= 15 is 0 Å². The van der Waals surface area contributed by atoms with E-state index in [1.165, 1.54) is 6.42 Å². The minimum absolute atomic E-state index is 0.0150. The molecule has 0 aromatic heterocycles. The normalized spacial score (nSPS) is 34.5. The molecule has 1 saturated carbocycles. The van der Waals surface area contributed by atoms with Crippen molar-refractivity contribution in [1.82, 2.24) is 10.2 Å². The first kappa shape index (κ1) is 14.2. The van der Waals surface area contributed by atoms with Crippen molar-refractivity contribution in [2.45, 2.75) is 45.6 Å². The molecule has 2 rings (SSSR count). The summed E-state index contributed by atoms with van der Waals surface area (Å²) in [6, 6.07) is 0.264. The van der Waals surface area contributed by atoms with Gasteiger partial charge in [-0.2, -0.15) is 0 Å². The molecule has 0 aromatic rings. The van der Waals surface area contributed by atoms with Gasteiger partial charge in [-0.15, -0.1) is 0 Å². The van der Waals surface area contributed by atoms with Gasteiger partial charge in [-0.05, 0) is 37.0 Å². The lowest BCUT2D eigenvalue weighted by Gasteiger charge is -2.24. The largest absolute Gasteiger partial charge is 0.481 e. The quantitative estimate of drug-likeness (QED) is 0.821. The standard InChI is InChI=1S/C14H24N2O3/c1-9-3-4-12(10(9)2)15-14(19)16-6-5-11(8-16)7-13(17)18/h9-12H,3-8H2,1-2H3,(H,15,19)(H,17,18). The zero-order valence-corrected chi connectivity index (χ0v) is 11.8. The molecule has 0 aromatic carbocycles. The van der Waals surface area contributed by atoms with Crippen LogP contribution in [0.4, 0.5) is 4.79 Å². The Bertz CT molecular complexity index is 359. The van der Waals surface area contributed by atoms with Crippen LogP contribution < -0.4 is 5.32 Å². The molecule has 1 saturated heterocycles. The number of amides is 2. The van der Waals surface area contributed by atoms with Crippen LogP contribution in [0.1, 0.15) is 39.5 Å². The molecule has 5 nitrogen and oxygen atoms in total. The highest BCUT2D eigenvalue weighted by atomic mass is 16.4. The molecule has 0 bridgehead atoms. The number of urea groups is 1. The maximum absolute atomic E-state index is 12.2. The molecule has 2 aliphatic rings.